The molecule has 0 amide bonds. The molecule has 5 aromatic rings. The van der Waals surface area contributed by atoms with Crippen LogP contribution in [0.1, 0.15) is 65.8 Å². The molecule has 3 heterocycles. The molecule has 0 unspecified atom stereocenters. The van der Waals surface area contributed by atoms with Crippen molar-refractivity contribution in [3.63, 3.8) is 0 Å². The van der Waals surface area contributed by atoms with Gasteiger partial charge in [0, 0.05) is 31.8 Å². The molecule has 1 saturated carbocycles. The van der Waals surface area contributed by atoms with Crippen LogP contribution in [0.2, 0.25) is 0 Å². The average Bonchev–Trinajstić information content (AvgIpc) is 3.84. The third kappa shape index (κ3) is 8.39. The molecule has 0 atom stereocenters. The van der Waals surface area contributed by atoms with Crippen LogP contribution in [0.15, 0.2) is 97.3 Å². The first-order valence-corrected chi connectivity index (χ1v) is 12.1. The first kappa shape index (κ1) is 16.0. The zero-order valence-electron chi connectivity index (χ0n) is 33.1. The Balaban J connectivity index is 0.000000212. The fraction of sp³-hybridized carbons (Fsp3) is 0.182. The van der Waals surface area contributed by atoms with Crippen LogP contribution in [-0.4, -0.2) is 15.7 Å². The van der Waals surface area contributed by atoms with Gasteiger partial charge in [0.1, 0.15) is 4.83 Å². The van der Waals surface area contributed by atoms with Gasteiger partial charge in [-0.2, -0.15) is 41.2 Å². The van der Waals surface area contributed by atoms with E-state index in [9.17, 15) is 5.41 Å². The molecule has 0 spiro atoms. The van der Waals surface area contributed by atoms with Crippen molar-refractivity contribution in [1.29, 1.82) is 0 Å². The van der Waals surface area contributed by atoms with E-state index in [-0.39, 0.29) is 43.4 Å². The molecule has 0 aliphatic heterocycles. The van der Waals surface area contributed by atoms with E-state index in [4.69, 9.17) is 17.8 Å². The van der Waals surface area contributed by atoms with Gasteiger partial charge in [-0.25, -0.2) is 10.7 Å². The molecule has 0 saturated heterocycles. The third-order valence-electron chi connectivity index (χ3n) is 5.19. The number of benzene rings is 2. The molecule has 0 N–H and O–H groups in total. The van der Waals surface area contributed by atoms with Crippen LogP contribution in [0, 0.1) is 25.8 Å². The Bertz CT molecular complexity index is 2080. The number of hydrogen-bond donors (Lipinski definition) is 0. The van der Waals surface area contributed by atoms with Crippen LogP contribution in [0.3, 0.4) is 0 Å². The Hall–Kier alpha value is -3.24. The SMILES string of the molecule is [2H]/C(C(=C)C([2H])([2H])[2H])=C(\[2H])C(=[N-])c1[c-]ccc(C2CC2)c1.[2H]C([2H])([2H])c1ccc2c(n1)sc1c[c-]ccc12.[2H]c1cncc(C([2H])([2H])[2H])c1[2H].[Ir+3]. The van der Waals surface area contributed by atoms with Crippen molar-refractivity contribution >= 4 is 37.4 Å². The number of allylic oxidation sites excluding steroid dienone is 3. The summed E-state index contributed by atoms with van der Waals surface area (Å²) in [5.74, 6) is 0.483. The van der Waals surface area contributed by atoms with Gasteiger partial charge >= 0.3 is 20.1 Å². The number of fused-ring (bicyclic) bond motifs is 3. The van der Waals surface area contributed by atoms with E-state index in [1.807, 2.05) is 30.3 Å². The fourth-order valence-corrected chi connectivity index (χ4v) is 4.39. The van der Waals surface area contributed by atoms with Gasteiger partial charge in [0.25, 0.3) is 0 Å². The molecule has 5 heteroatoms. The molecule has 0 radical (unpaired) electrons. The summed E-state index contributed by atoms with van der Waals surface area (Å²) in [6, 6.07) is 18.7. The number of aromatic nitrogens is 2. The minimum atomic E-state index is -2.55. The van der Waals surface area contributed by atoms with E-state index >= 15 is 0 Å². The summed E-state index contributed by atoms with van der Waals surface area (Å²) < 4.78 is 95.7. The third-order valence-corrected chi connectivity index (χ3v) is 6.26. The number of rotatable bonds is 4. The topological polar surface area (TPSA) is 48.1 Å². The van der Waals surface area contributed by atoms with Gasteiger partial charge in [0.2, 0.25) is 0 Å². The molecule has 38 heavy (non-hydrogen) atoms. The largest absolute Gasteiger partial charge is 3.00 e. The van der Waals surface area contributed by atoms with E-state index < -0.39 is 43.9 Å². The van der Waals surface area contributed by atoms with E-state index in [0.29, 0.717) is 11.5 Å². The smallest absolute Gasteiger partial charge is 0.855 e. The van der Waals surface area contributed by atoms with E-state index in [0.717, 1.165) is 51.1 Å². The molecule has 1 fully saturated rings. The summed E-state index contributed by atoms with van der Waals surface area (Å²) in [7, 11) is 0. The summed E-state index contributed by atoms with van der Waals surface area (Å²) in [6.45, 7) is -3.72. The summed E-state index contributed by atoms with van der Waals surface area (Å²) in [5, 5.41) is 12.2. The first-order valence-electron chi connectivity index (χ1n) is 17.8. The van der Waals surface area contributed by atoms with Crippen molar-refractivity contribution in [2.24, 2.45) is 0 Å². The Morgan fingerprint density at radius 1 is 1.21 bits per heavy atom. The van der Waals surface area contributed by atoms with Gasteiger partial charge in [-0.15, -0.1) is 41.3 Å². The number of nitrogens with zero attached hydrogens (tertiary/aromatic N) is 3. The minimum absolute atomic E-state index is 0. The fourth-order valence-electron chi connectivity index (χ4n) is 3.33. The van der Waals surface area contributed by atoms with E-state index in [2.05, 4.69) is 28.7 Å². The number of aryl methyl sites for hydroxylation is 2. The summed E-state index contributed by atoms with van der Waals surface area (Å²) >= 11 is 1.50. The molecule has 2 aromatic carbocycles. The maximum Gasteiger partial charge on any atom is 3.00 e. The Labute approximate surface area is 261 Å². The molecule has 1 aliphatic rings. The normalized spacial score (nSPS) is 18.7. The molecular formula is C33H30IrN3S. The Morgan fingerprint density at radius 2 is 2.11 bits per heavy atom. The summed E-state index contributed by atoms with van der Waals surface area (Å²) in [4.78, 5) is 8.54. The molecular weight excluding hydrogens is 663 g/mol. The van der Waals surface area contributed by atoms with Gasteiger partial charge < -0.3 is 5.41 Å². The number of hydrogen-bond acceptors (Lipinski definition) is 3. The van der Waals surface area contributed by atoms with Crippen LogP contribution in [0.5, 0.6) is 0 Å². The van der Waals surface area contributed by atoms with Crippen molar-refractivity contribution in [1.82, 2.24) is 9.97 Å². The van der Waals surface area contributed by atoms with Gasteiger partial charge in [-0.1, -0.05) is 35.0 Å². The van der Waals surface area contributed by atoms with Crippen LogP contribution < -0.4 is 0 Å². The van der Waals surface area contributed by atoms with Crippen molar-refractivity contribution in [3.8, 4) is 0 Å². The Morgan fingerprint density at radius 3 is 2.87 bits per heavy atom. The first-order chi connectivity index (χ1) is 23.2. The average molecular weight is 706 g/mol. The molecule has 3 nitrogen and oxygen atoms in total. The van der Waals surface area contributed by atoms with Crippen molar-refractivity contribution in [3.05, 3.63) is 137 Å². The quantitative estimate of drug-likeness (QED) is 0.107. The van der Waals surface area contributed by atoms with Crippen LogP contribution in [-0.2, 0) is 20.1 Å². The van der Waals surface area contributed by atoms with Gasteiger partial charge in [0.05, 0.1) is 4.11 Å². The molecule has 1 aliphatic carbocycles. The second kappa shape index (κ2) is 14.1. The van der Waals surface area contributed by atoms with Crippen LogP contribution >= 0.6 is 11.3 Å². The molecule has 192 valence electrons. The second-order valence-corrected chi connectivity index (χ2v) is 9.08. The molecule has 0 bridgehead atoms. The van der Waals surface area contributed by atoms with Crippen molar-refractivity contribution in [2.75, 3.05) is 0 Å². The summed E-state index contributed by atoms with van der Waals surface area (Å²) in [5.41, 5.74) is 0.428. The Kier molecular flexibility index (Phi) is 5.92. The van der Waals surface area contributed by atoms with Crippen LogP contribution in [0.25, 0.3) is 25.7 Å². The van der Waals surface area contributed by atoms with E-state index in [1.165, 1.54) is 11.3 Å². The zero-order valence-corrected chi connectivity index (χ0v) is 23.3. The summed E-state index contributed by atoms with van der Waals surface area (Å²) in [6.07, 6.45) is 4.46. The number of pyridine rings is 2. The monoisotopic (exact) mass is 706 g/mol. The zero-order chi connectivity index (χ0) is 37.2. The maximum atomic E-state index is 10.1. The van der Waals surface area contributed by atoms with Gasteiger partial charge in [-0.3, -0.25) is 4.98 Å². The second-order valence-electron chi connectivity index (χ2n) is 8.05. The molecule has 3 aromatic heterocycles. The predicted molar refractivity (Wildman–Crippen MR) is 158 cm³/mol. The van der Waals surface area contributed by atoms with Gasteiger partial charge in [-0.05, 0) is 62.4 Å². The maximum absolute atomic E-state index is 10.1. The standard InChI is InChI=1S/C15H15N.C12H8NS.C6H7N.Ir/c1-11(2)6-9-15(16)14-5-3-4-13(10-14)12-7-8-12;1-8-6-7-10-9-4-2-3-5-11(9)14-12(10)13-8;1-6-3-2-4-7-5-6;/h3-4,6,9-10,12H,1,7-8H2,2H3;2,4-7H,1H3;2-5H,1H3;/q-2;-1;;+3/b9-6-;;;/i2D3,6D,9D;1D3;1D3,2D,3D;. The molecule has 6 rings (SSSR count). The van der Waals surface area contributed by atoms with Gasteiger partial charge in [0.15, 0.2) is 0 Å². The predicted octanol–water partition coefficient (Wildman–Crippen LogP) is 8.80. The van der Waals surface area contributed by atoms with Crippen molar-refractivity contribution in [2.45, 2.75) is 39.3 Å². The van der Waals surface area contributed by atoms with E-state index in [1.54, 1.807) is 18.2 Å². The van der Waals surface area contributed by atoms with Crippen molar-refractivity contribution < 1.29 is 37.9 Å². The minimum Gasteiger partial charge on any atom is -0.855 e. The number of thiophene rings is 1. The van der Waals surface area contributed by atoms with Crippen LogP contribution in [0.4, 0.5) is 0 Å².